The van der Waals surface area contributed by atoms with Gasteiger partial charge in [-0.2, -0.15) is 0 Å². The van der Waals surface area contributed by atoms with Crippen molar-refractivity contribution in [2.45, 2.75) is 19.5 Å². The van der Waals surface area contributed by atoms with E-state index in [-0.39, 0.29) is 11.6 Å². The molecule has 0 rings (SSSR count). The molecule has 1 unspecified atom stereocenters. The van der Waals surface area contributed by atoms with Gasteiger partial charge in [-0.3, -0.25) is 0 Å². The Bertz CT molecular complexity index is 286. The molecule has 0 aromatic carbocycles. The normalized spacial score (nSPS) is 16.8. The van der Waals surface area contributed by atoms with Crippen molar-refractivity contribution in [3.63, 3.8) is 0 Å². The summed E-state index contributed by atoms with van der Waals surface area (Å²) in [4.78, 5) is 12.2. The van der Waals surface area contributed by atoms with Crippen LogP contribution in [0.25, 0.3) is 0 Å². The van der Waals surface area contributed by atoms with Gasteiger partial charge >= 0.3 is 119 Å². The molecule has 7 heteroatoms. The average Bonchev–Trinajstić information content (AvgIpc) is 2.26. The first-order valence-corrected chi connectivity index (χ1v) is 10.2. The second-order valence-electron chi connectivity index (χ2n) is 4.91. The number of esters is 1. The number of carbonyl (C=O) groups excluding carboxylic acids is 1. The van der Waals surface area contributed by atoms with Crippen molar-refractivity contribution in [3.05, 3.63) is 0 Å². The molecule has 0 fully saturated rings. The van der Waals surface area contributed by atoms with Gasteiger partial charge in [-0.05, 0) is 0 Å². The van der Waals surface area contributed by atoms with Crippen LogP contribution in [0.5, 0.6) is 0 Å². The SMILES string of the molecule is CCOC(=O)C(C)P(Br)(N(C)C)(N(C)C)N(C)C. The van der Waals surface area contributed by atoms with Crippen LogP contribution in [0.4, 0.5) is 0 Å². The Balaban J connectivity index is 5.82. The molecule has 0 radical (unpaired) electrons. The van der Waals surface area contributed by atoms with Crippen LogP contribution in [0, 0.1) is 0 Å². The molecule has 0 saturated carbocycles. The molecule has 0 aromatic rings. The van der Waals surface area contributed by atoms with Crippen molar-refractivity contribution in [2.75, 3.05) is 48.9 Å². The molecule has 0 aliphatic carbocycles. The fourth-order valence-corrected chi connectivity index (χ4v) is 7.72. The molecule has 0 amide bonds. The van der Waals surface area contributed by atoms with Gasteiger partial charge in [0.2, 0.25) is 0 Å². The summed E-state index contributed by atoms with van der Waals surface area (Å²) < 4.78 is 11.5. The van der Waals surface area contributed by atoms with E-state index in [1.807, 2.05) is 56.1 Å². The predicted octanol–water partition coefficient (Wildman–Crippen LogP) is 2.23. The van der Waals surface area contributed by atoms with Gasteiger partial charge in [0.05, 0.1) is 0 Å². The van der Waals surface area contributed by atoms with Gasteiger partial charge in [0.1, 0.15) is 0 Å². The quantitative estimate of drug-likeness (QED) is 0.546. The summed E-state index contributed by atoms with van der Waals surface area (Å²) in [6.07, 6.45) is 0. The summed E-state index contributed by atoms with van der Waals surface area (Å²) in [5.41, 5.74) is -0.282. The van der Waals surface area contributed by atoms with E-state index in [2.05, 4.69) is 29.5 Å². The maximum absolute atomic E-state index is 12.2. The standard InChI is InChI=1S/C11H27BrN3O2P/c1-9-17-11(16)10(2)18(12,13(3)4,14(5)6)15(7)8/h10H,9H2,1-8H3. The summed E-state index contributed by atoms with van der Waals surface area (Å²) in [6, 6.07) is 0. The summed E-state index contributed by atoms with van der Waals surface area (Å²) in [7, 11) is 11.9. The molecule has 0 spiro atoms. The van der Waals surface area contributed by atoms with Crippen molar-refractivity contribution >= 4 is 27.2 Å². The van der Waals surface area contributed by atoms with E-state index in [0.29, 0.717) is 6.61 Å². The molecule has 0 aromatic heterocycles. The van der Waals surface area contributed by atoms with Crippen molar-refractivity contribution in [3.8, 4) is 0 Å². The number of nitrogens with zero attached hydrogens (tertiary/aromatic N) is 3. The Hall–Kier alpha value is 0.260. The van der Waals surface area contributed by atoms with Crippen molar-refractivity contribution in [1.29, 1.82) is 0 Å². The minimum absolute atomic E-state index is 0.178. The van der Waals surface area contributed by atoms with Crippen LogP contribution in [0.3, 0.4) is 0 Å². The molecule has 1 atom stereocenters. The predicted molar refractivity (Wildman–Crippen MR) is 83.0 cm³/mol. The second kappa shape index (κ2) is 6.14. The Labute approximate surface area is 119 Å². The molecule has 0 heterocycles. The molecule has 0 aliphatic heterocycles. The first kappa shape index (κ1) is 18.3. The summed E-state index contributed by atoms with van der Waals surface area (Å²) in [5, 5.41) is 0. The monoisotopic (exact) mass is 343 g/mol. The zero-order valence-electron chi connectivity index (χ0n) is 12.8. The van der Waals surface area contributed by atoms with E-state index in [1.165, 1.54) is 0 Å². The topological polar surface area (TPSA) is 36.0 Å². The fraction of sp³-hybridized carbons (Fsp3) is 0.909. The van der Waals surface area contributed by atoms with E-state index in [1.54, 1.807) is 0 Å². The number of rotatable bonds is 6. The molecular weight excluding hydrogens is 317 g/mol. The molecular formula is C11H27BrN3O2P. The van der Waals surface area contributed by atoms with Gasteiger partial charge in [0, 0.05) is 0 Å². The van der Waals surface area contributed by atoms with E-state index in [4.69, 9.17) is 4.74 Å². The molecule has 0 aliphatic rings. The molecule has 0 saturated heterocycles. The van der Waals surface area contributed by atoms with E-state index in [0.717, 1.165) is 0 Å². The number of halogens is 1. The van der Waals surface area contributed by atoms with Crippen molar-refractivity contribution < 1.29 is 9.53 Å². The number of hydrogen-bond acceptors (Lipinski definition) is 5. The van der Waals surface area contributed by atoms with Gasteiger partial charge in [0.25, 0.3) is 0 Å². The van der Waals surface area contributed by atoms with Crippen molar-refractivity contribution in [2.24, 2.45) is 0 Å². The number of hydrogen-bond donors (Lipinski definition) is 0. The van der Waals surface area contributed by atoms with Crippen LogP contribution in [-0.4, -0.2) is 74.5 Å². The third-order valence-electron chi connectivity index (χ3n) is 3.51. The van der Waals surface area contributed by atoms with Crippen LogP contribution < -0.4 is 0 Å². The van der Waals surface area contributed by atoms with Crippen molar-refractivity contribution in [1.82, 2.24) is 14.0 Å². The second-order valence-corrected chi connectivity index (χ2v) is 14.0. The Kier molecular flexibility index (Phi) is 6.23. The first-order chi connectivity index (χ1) is 8.05. The number of ether oxygens (including phenoxy) is 1. The number of carbonyl (C=O) groups is 1. The maximum atomic E-state index is 12.2. The minimum atomic E-state index is -2.89. The van der Waals surface area contributed by atoms with Crippen LogP contribution >= 0.6 is 21.2 Å². The van der Waals surface area contributed by atoms with Gasteiger partial charge in [-0.15, -0.1) is 0 Å². The van der Waals surface area contributed by atoms with Gasteiger partial charge in [-0.25, -0.2) is 0 Å². The molecule has 18 heavy (non-hydrogen) atoms. The van der Waals surface area contributed by atoms with Crippen LogP contribution in [0.15, 0.2) is 0 Å². The third kappa shape index (κ3) is 2.46. The van der Waals surface area contributed by atoms with E-state index >= 15 is 0 Å². The van der Waals surface area contributed by atoms with Crippen LogP contribution in [-0.2, 0) is 9.53 Å². The van der Waals surface area contributed by atoms with Gasteiger partial charge < -0.3 is 0 Å². The first-order valence-electron chi connectivity index (χ1n) is 5.98. The third-order valence-corrected chi connectivity index (χ3v) is 17.0. The zero-order valence-corrected chi connectivity index (χ0v) is 15.2. The fourth-order valence-electron chi connectivity index (χ4n) is 2.56. The Morgan fingerprint density at radius 2 is 1.44 bits per heavy atom. The van der Waals surface area contributed by atoms with E-state index in [9.17, 15) is 4.79 Å². The summed E-state index contributed by atoms with van der Waals surface area (Å²) in [6.45, 7) is 4.15. The zero-order chi connectivity index (χ0) is 14.7. The average molecular weight is 344 g/mol. The van der Waals surface area contributed by atoms with Crippen LogP contribution in [0.2, 0.25) is 0 Å². The van der Waals surface area contributed by atoms with E-state index < -0.39 is 5.76 Å². The molecule has 0 bridgehead atoms. The van der Waals surface area contributed by atoms with Crippen LogP contribution in [0.1, 0.15) is 13.8 Å². The Morgan fingerprint density at radius 3 is 1.67 bits per heavy atom. The van der Waals surface area contributed by atoms with Gasteiger partial charge in [0.15, 0.2) is 0 Å². The molecule has 0 N–H and O–H groups in total. The van der Waals surface area contributed by atoms with Gasteiger partial charge in [-0.1, -0.05) is 0 Å². The summed E-state index contributed by atoms with van der Waals surface area (Å²) in [5.74, 6) is -3.06. The molecule has 5 nitrogen and oxygen atoms in total. The Morgan fingerprint density at radius 1 is 1.11 bits per heavy atom. The summed E-state index contributed by atoms with van der Waals surface area (Å²) >= 11 is 3.93. The molecule has 110 valence electrons.